The Hall–Kier alpha value is -7.74. The number of nitrogen functional groups attached to an aromatic ring is 2. The molecule has 0 saturated carbocycles. The van der Waals surface area contributed by atoms with Crippen molar-refractivity contribution in [2.24, 2.45) is 0 Å². The topological polar surface area (TPSA) is 260 Å². The zero-order chi connectivity index (χ0) is 42.7. The minimum Gasteiger partial charge on any atom is -0.434 e. The van der Waals surface area contributed by atoms with Crippen molar-refractivity contribution >= 4 is 45.6 Å². The van der Waals surface area contributed by atoms with Gasteiger partial charge in [-0.2, -0.15) is 0 Å². The molecule has 2 saturated heterocycles. The Labute approximate surface area is 360 Å². The van der Waals surface area contributed by atoms with E-state index in [2.05, 4.69) is 63.8 Å². The number of fused-ring (bicyclic) bond motifs is 2. The van der Waals surface area contributed by atoms with Crippen molar-refractivity contribution in [3.8, 4) is 45.7 Å². The molecule has 6 N–H and O–H groups in total. The molecule has 2 aromatic carbocycles. The van der Waals surface area contributed by atoms with Gasteiger partial charge in [0.25, 0.3) is 11.8 Å². The van der Waals surface area contributed by atoms with Gasteiger partial charge >= 0.3 is 0 Å². The van der Waals surface area contributed by atoms with Gasteiger partial charge in [0.15, 0.2) is 34.2 Å². The molecule has 19 nitrogen and oxygen atoms in total. The first-order valence-corrected chi connectivity index (χ1v) is 20.0. The van der Waals surface area contributed by atoms with Crippen LogP contribution in [-0.4, -0.2) is 143 Å². The Morgan fingerprint density at radius 3 is 1.27 bits per heavy atom. The van der Waals surface area contributed by atoms with Crippen LogP contribution in [0.25, 0.3) is 67.9 Å². The second-order valence-corrected chi connectivity index (χ2v) is 15.0. The van der Waals surface area contributed by atoms with Crippen LogP contribution >= 0.6 is 0 Å². The molecule has 10 rings (SSSR count). The molecule has 2 aliphatic heterocycles. The molecule has 2 aliphatic rings. The van der Waals surface area contributed by atoms with Crippen LogP contribution in [0.2, 0.25) is 0 Å². The molecule has 6 aromatic heterocycles. The lowest BCUT2D eigenvalue weighted by Gasteiger charge is -2.32. The normalized spacial score (nSPS) is 14.6. The van der Waals surface area contributed by atoms with E-state index < -0.39 is 0 Å². The van der Waals surface area contributed by atoms with Gasteiger partial charge in [0, 0.05) is 99.1 Å². The van der Waals surface area contributed by atoms with Gasteiger partial charge < -0.3 is 45.4 Å². The number of nitrogens with two attached hydrogens (primary N) is 2. The van der Waals surface area contributed by atoms with Gasteiger partial charge in [-0.25, -0.2) is 29.9 Å². The minimum absolute atomic E-state index is 0. The molecule has 2 fully saturated rings. The standard InChI is InChI=1S/2C22H21N7O2.H2O/c2*1-28-8-10-29(11-9-28)22(30)15-4-2-14(3-5-15)16-13-25-20(23)19(26-16)21-27-17-12-24-7-6-18(17)31-21;/h2*2-7,12-13H,8-11H2,1H3,(H2,23,25);1H2. The second kappa shape index (κ2) is 18.1. The first kappa shape index (κ1) is 42.0. The van der Waals surface area contributed by atoms with Gasteiger partial charge in [0.05, 0.1) is 36.2 Å². The molecule has 320 valence electrons. The molecule has 0 bridgehead atoms. The SMILES string of the molecule is CN1CCN(C(=O)c2ccc(-c3cnc(N)c(-c4nc5cnccc5o4)n3)cc2)CC1.CN1CCN(C(=O)c2ccc(-c3cnc(N)c(-c4nc5cnccc5o4)n3)cc2)CC1.O. The smallest absolute Gasteiger partial charge is 0.253 e. The van der Waals surface area contributed by atoms with Crippen LogP contribution in [-0.2, 0) is 0 Å². The molecule has 0 aliphatic carbocycles. The van der Waals surface area contributed by atoms with E-state index >= 15 is 0 Å². The van der Waals surface area contributed by atoms with Crippen LogP contribution in [0, 0.1) is 0 Å². The third-order valence-electron chi connectivity index (χ3n) is 10.8. The maximum absolute atomic E-state index is 12.8. The van der Waals surface area contributed by atoms with Gasteiger partial charge in [0.2, 0.25) is 11.8 Å². The maximum atomic E-state index is 12.8. The van der Waals surface area contributed by atoms with Crippen LogP contribution in [0.3, 0.4) is 0 Å². The minimum atomic E-state index is 0. The molecule has 19 heteroatoms. The summed E-state index contributed by atoms with van der Waals surface area (Å²) in [5.74, 6) is 1.12. The Balaban J connectivity index is 0.000000170. The molecule has 8 heterocycles. The third kappa shape index (κ3) is 9.01. The summed E-state index contributed by atoms with van der Waals surface area (Å²) in [5.41, 5.74) is 19.4. The monoisotopic (exact) mass is 848 g/mol. The lowest BCUT2D eigenvalue weighted by atomic mass is 10.1. The first-order valence-electron chi connectivity index (χ1n) is 20.0. The molecule has 2 amide bonds. The molecule has 63 heavy (non-hydrogen) atoms. The van der Waals surface area contributed by atoms with Gasteiger partial charge in [-0.1, -0.05) is 24.3 Å². The number of piperazine rings is 2. The second-order valence-electron chi connectivity index (χ2n) is 15.0. The fraction of sp³-hybridized carbons (Fsp3) is 0.227. The summed E-state index contributed by atoms with van der Waals surface area (Å²) >= 11 is 0. The van der Waals surface area contributed by atoms with Crippen molar-refractivity contribution in [1.29, 1.82) is 0 Å². The number of carbonyl (C=O) groups excluding carboxylic acids is 2. The van der Waals surface area contributed by atoms with Crippen LogP contribution in [0.4, 0.5) is 11.6 Å². The highest BCUT2D eigenvalue weighted by Crippen LogP contribution is 2.30. The third-order valence-corrected chi connectivity index (χ3v) is 10.8. The Morgan fingerprint density at radius 2 is 0.905 bits per heavy atom. The highest BCUT2D eigenvalue weighted by Gasteiger charge is 2.23. The van der Waals surface area contributed by atoms with Gasteiger partial charge in [-0.3, -0.25) is 19.6 Å². The average Bonchev–Trinajstić information content (AvgIpc) is 3.95. The predicted molar refractivity (Wildman–Crippen MR) is 236 cm³/mol. The van der Waals surface area contributed by atoms with Crippen molar-refractivity contribution < 1.29 is 23.9 Å². The van der Waals surface area contributed by atoms with Gasteiger partial charge in [-0.05, 0) is 38.4 Å². The largest absolute Gasteiger partial charge is 0.434 e. The molecule has 0 unspecified atom stereocenters. The number of likely N-dealkylation sites (N-methyl/N-ethyl adjacent to an activating group) is 2. The van der Waals surface area contributed by atoms with E-state index in [1.54, 1.807) is 49.3 Å². The van der Waals surface area contributed by atoms with Crippen molar-refractivity contribution in [3.05, 3.63) is 109 Å². The molecule has 0 radical (unpaired) electrons. The number of hydrogen-bond donors (Lipinski definition) is 2. The predicted octanol–water partition coefficient (Wildman–Crippen LogP) is 3.81. The van der Waals surface area contributed by atoms with Crippen LogP contribution in [0.15, 0.2) is 107 Å². The summed E-state index contributed by atoms with van der Waals surface area (Å²) < 4.78 is 11.5. The highest BCUT2D eigenvalue weighted by atomic mass is 16.4. The summed E-state index contributed by atoms with van der Waals surface area (Å²) in [4.78, 5) is 68.4. The number of benzene rings is 2. The van der Waals surface area contributed by atoms with Gasteiger partial charge in [-0.15, -0.1) is 0 Å². The number of amides is 2. The van der Waals surface area contributed by atoms with Gasteiger partial charge in [0.1, 0.15) is 11.0 Å². The maximum Gasteiger partial charge on any atom is 0.253 e. The number of hydrogen-bond acceptors (Lipinski definition) is 16. The first-order chi connectivity index (χ1) is 30.2. The lowest BCUT2D eigenvalue weighted by molar-refractivity contribution is 0.0657. The summed E-state index contributed by atoms with van der Waals surface area (Å²) in [6, 6.07) is 18.2. The highest BCUT2D eigenvalue weighted by molar-refractivity contribution is 5.95. The quantitative estimate of drug-likeness (QED) is 0.241. The Kier molecular flexibility index (Phi) is 12.0. The number of oxazole rings is 2. The number of aromatic nitrogens is 8. The lowest BCUT2D eigenvalue weighted by Crippen LogP contribution is -2.47. The van der Waals surface area contributed by atoms with Crippen molar-refractivity contribution in [2.45, 2.75) is 0 Å². The fourth-order valence-electron chi connectivity index (χ4n) is 7.10. The van der Waals surface area contributed by atoms with Crippen LogP contribution < -0.4 is 11.5 Å². The zero-order valence-electron chi connectivity index (χ0n) is 34.5. The number of nitrogens with zero attached hydrogens (tertiary/aromatic N) is 12. The Morgan fingerprint density at radius 1 is 0.524 bits per heavy atom. The molecule has 0 spiro atoms. The van der Waals surface area contributed by atoms with E-state index in [9.17, 15) is 9.59 Å². The fourth-order valence-corrected chi connectivity index (χ4v) is 7.10. The summed E-state index contributed by atoms with van der Waals surface area (Å²) in [5, 5.41) is 0. The van der Waals surface area contributed by atoms with Crippen LogP contribution in [0.1, 0.15) is 20.7 Å². The molecular weight excluding hydrogens is 805 g/mol. The van der Waals surface area contributed by atoms with Crippen molar-refractivity contribution in [3.63, 3.8) is 0 Å². The Bertz CT molecular complexity index is 2620. The molecule has 8 aromatic rings. The van der Waals surface area contributed by atoms with Crippen molar-refractivity contribution in [2.75, 3.05) is 77.9 Å². The van der Waals surface area contributed by atoms with E-state index in [-0.39, 0.29) is 40.7 Å². The summed E-state index contributed by atoms with van der Waals surface area (Å²) in [7, 11) is 4.13. The number of pyridine rings is 2. The van der Waals surface area contributed by atoms with E-state index in [1.165, 1.54) is 0 Å². The molecular formula is C44H44N14O5. The number of anilines is 2. The average molecular weight is 849 g/mol. The summed E-state index contributed by atoms with van der Waals surface area (Å²) in [6.07, 6.45) is 9.69. The van der Waals surface area contributed by atoms with Crippen LogP contribution in [0.5, 0.6) is 0 Å². The van der Waals surface area contributed by atoms with E-state index in [4.69, 9.17) is 20.3 Å². The van der Waals surface area contributed by atoms with E-state index in [0.717, 1.165) is 63.5 Å². The van der Waals surface area contributed by atoms with Crippen molar-refractivity contribution in [1.82, 2.24) is 59.5 Å². The zero-order valence-corrected chi connectivity index (χ0v) is 34.5. The van der Waals surface area contributed by atoms with E-state index in [1.807, 2.05) is 58.3 Å². The number of carbonyl (C=O) groups is 2. The molecule has 0 atom stereocenters. The van der Waals surface area contributed by atoms with E-state index in [0.29, 0.717) is 56.1 Å². The summed E-state index contributed by atoms with van der Waals surface area (Å²) in [6.45, 7) is 6.51. The number of rotatable bonds is 6.